The van der Waals surface area contributed by atoms with E-state index in [0.717, 1.165) is 13.1 Å². The molecule has 3 nitrogen and oxygen atoms in total. The van der Waals surface area contributed by atoms with Crippen molar-refractivity contribution < 1.29 is 4.42 Å². The maximum Gasteiger partial charge on any atom is 0.0947 e. The summed E-state index contributed by atoms with van der Waals surface area (Å²) in [4.78, 5) is 2.47. The lowest BCUT2D eigenvalue weighted by Gasteiger charge is -2.37. The second-order valence-corrected chi connectivity index (χ2v) is 7.25. The first-order valence-corrected chi connectivity index (χ1v) is 8.53. The van der Waals surface area contributed by atoms with E-state index < -0.39 is 0 Å². The SMILES string of the molecule is CC(C)NCC1(CN(C)Cc2ccoc2)CCCCCC1. The van der Waals surface area contributed by atoms with Crippen LogP contribution in [0.3, 0.4) is 0 Å². The topological polar surface area (TPSA) is 28.4 Å². The highest BCUT2D eigenvalue weighted by molar-refractivity contribution is 5.05. The van der Waals surface area contributed by atoms with Gasteiger partial charge in [-0.15, -0.1) is 0 Å². The molecule has 0 amide bonds. The molecule has 0 aliphatic heterocycles. The molecule has 0 radical (unpaired) electrons. The van der Waals surface area contributed by atoms with Crippen molar-refractivity contribution in [1.29, 1.82) is 0 Å². The number of nitrogens with one attached hydrogen (secondary N) is 1. The van der Waals surface area contributed by atoms with Crippen LogP contribution < -0.4 is 5.32 Å². The third-order valence-corrected chi connectivity index (χ3v) is 4.69. The number of hydrogen-bond donors (Lipinski definition) is 1. The molecular weight excluding hydrogens is 260 g/mol. The number of rotatable bonds is 7. The van der Waals surface area contributed by atoms with Crippen LogP contribution in [0.15, 0.2) is 23.0 Å². The molecule has 0 aromatic carbocycles. The van der Waals surface area contributed by atoms with Crippen molar-refractivity contribution in [3.63, 3.8) is 0 Å². The van der Waals surface area contributed by atoms with Gasteiger partial charge in [-0.25, -0.2) is 0 Å². The molecule has 1 N–H and O–H groups in total. The van der Waals surface area contributed by atoms with Crippen molar-refractivity contribution in [2.75, 3.05) is 20.1 Å². The lowest BCUT2D eigenvalue weighted by Crippen LogP contribution is -2.44. The number of furan rings is 1. The van der Waals surface area contributed by atoms with Crippen LogP contribution in [-0.4, -0.2) is 31.1 Å². The van der Waals surface area contributed by atoms with Crippen molar-refractivity contribution in [1.82, 2.24) is 10.2 Å². The number of hydrogen-bond acceptors (Lipinski definition) is 3. The molecule has 120 valence electrons. The Balaban J connectivity index is 1.96. The summed E-state index contributed by atoms with van der Waals surface area (Å²) >= 11 is 0. The van der Waals surface area contributed by atoms with Gasteiger partial charge in [0, 0.05) is 31.2 Å². The van der Waals surface area contributed by atoms with Crippen LogP contribution in [0.4, 0.5) is 0 Å². The fraction of sp³-hybridized carbons (Fsp3) is 0.778. The smallest absolute Gasteiger partial charge is 0.0947 e. The Kier molecular flexibility index (Phi) is 6.31. The van der Waals surface area contributed by atoms with Gasteiger partial charge < -0.3 is 14.6 Å². The predicted octanol–water partition coefficient (Wildman–Crippen LogP) is 4.05. The van der Waals surface area contributed by atoms with E-state index in [1.54, 1.807) is 6.26 Å². The second kappa shape index (κ2) is 8.00. The van der Waals surface area contributed by atoms with Crippen LogP contribution >= 0.6 is 0 Å². The summed E-state index contributed by atoms with van der Waals surface area (Å²) in [5, 5.41) is 3.70. The average Bonchev–Trinajstić information content (AvgIpc) is 2.82. The fourth-order valence-corrected chi connectivity index (χ4v) is 3.61. The summed E-state index contributed by atoms with van der Waals surface area (Å²) in [6.07, 6.45) is 12.0. The molecule has 1 aromatic rings. The molecule has 21 heavy (non-hydrogen) atoms. The highest BCUT2D eigenvalue weighted by atomic mass is 16.3. The minimum absolute atomic E-state index is 0.444. The van der Waals surface area contributed by atoms with Gasteiger partial charge >= 0.3 is 0 Å². The van der Waals surface area contributed by atoms with Gasteiger partial charge in [0.05, 0.1) is 12.5 Å². The Morgan fingerprint density at radius 3 is 2.52 bits per heavy atom. The van der Waals surface area contributed by atoms with Gasteiger partial charge in [0.2, 0.25) is 0 Å². The van der Waals surface area contributed by atoms with E-state index in [2.05, 4.69) is 37.2 Å². The molecule has 1 heterocycles. The van der Waals surface area contributed by atoms with Crippen LogP contribution in [0.2, 0.25) is 0 Å². The van der Waals surface area contributed by atoms with Crippen LogP contribution in [0.5, 0.6) is 0 Å². The van der Waals surface area contributed by atoms with Crippen molar-refractivity contribution in [2.45, 2.75) is 65.0 Å². The van der Waals surface area contributed by atoms with Gasteiger partial charge in [-0.2, -0.15) is 0 Å². The van der Waals surface area contributed by atoms with Crippen molar-refractivity contribution in [3.05, 3.63) is 24.2 Å². The van der Waals surface area contributed by atoms with Crippen LogP contribution in [-0.2, 0) is 6.54 Å². The molecule has 1 fully saturated rings. The molecule has 1 aliphatic carbocycles. The maximum absolute atomic E-state index is 5.19. The standard InChI is InChI=1S/C18H32N2O/c1-16(2)19-14-18(9-6-4-5-7-10-18)15-20(3)12-17-8-11-21-13-17/h8,11,13,16,19H,4-7,9-10,12,14-15H2,1-3H3. The van der Waals surface area contributed by atoms with Gasteiger partial charge in [0.1, 0.15) is 0 Å². The van der Waals surface area contributed by atoms with Gasteiger partial charge in [-0.3, -0.25) is 0 Å². The summed E-state index contributed by atoms with van der Waals surface area (Å²) in [5.74, 6) is 0. The first-order valence-electron chi connectivity index (χ1n) is 8.53. The zero-order valence-electron chi connectivity index (χ0n) is 14.0. The molecule has 1 saturated carbocycles. The molecule has 1 aromatic heterocycles. The third kappa shape index (κ3) is 5.48. The number of nitrogens with zero attached hydrogens (tertiary/aromatic N) is 1. The molecule has 0 atom stereocenters. The van der Waals surface area contributed by atoms with Crippen LogP contribution in [0.1, 0.15) is 57.9 Å². The van der Waals surface area contributed by atoms with E-state index in [0.29, 0.717) is 11.5 Å². The van der Waals surface area contributed by atoms with Crippen molar-refractivity contribution in [2.24, 2.45) is 5.41 Å². The lowest BCUT2D eigenvalue weighted by molar-refractivity contribution is 0.139. The molecule has 0 unspecified atom stereocenters. The summed E-state index contributed by atoms with van der Waals surface area (Å²) in [6, 6.07) is 2.65. The predicted molar refractivity (Wildman–Crippen MR) is 88.3 cm³/mol. The van der Waals surface area contributed by atoms with Crippen molar-refractivity contribution >= 4 is 0 Å². The van der Waals surface area contributed by atoms with E-state index in [1.165, 1.54) is 50.6 Å². The van der Waals surface area contributed by atoms with Crippen LogP contribution in [0, 0.1) is 5.41 Å². The molecule has 1 aliphatic rings. The van der Waals surface area contributed by atoms with E-state index >= 15 is 0 Å². The molecule has 0 spiro atoms. The van der Waals surface area contributed by atoms with E-state index in [9.17, 15) is 0 Å². The summed E-state index contributed by atoms with van der Waals surface area (Å²) in [5.41, 5.74) is 1.72. The average molecular weight is 292 g/mol. The second-order valence-electron chi connectivity index (χ2n) is 7.25. The molecule has 3 heteroatoms. The van der Waals surface area contributed by atoms with Gasteiger partial charge in [0.15, 0.2) is 0 Å². The summed E-state index contributed by atoms with van der Waals surface area (Å²) in [6.45, 7) is 7.82. The largest absolute Gasteiger partial charge is 0.472 e. The Bertz CT molecular complexity index is 378. The van der Waals surface area contributed by atoms with E-state index in [1.807, 2.05) is 6.26 Å². The van der Waals surface area contributed by atoms with Crippen molar-refractivity contribution in [3.8, 4) is 0 Å². The van der Waals surface area contributed by atoms with E-state index in [-0.39, 0.29) is 0 Å². The van der Waals surface area contributed by atoms with Crippen LogP contribution in [0.25, 0.3) is 0 Å². The first-order chi connectivity index (χ1) is 10.1. The Hall–Kier alpha value is -0.800. The molecular formula is C18H32N2O. The van der Waals surface area contributed by atoms with Gasteiger partial charge in [-0.05, 0) is 31.4 Å². The summed E-state index contributed by atoms with van der Waals surface area (Å²) in [7, 11) is 2.25. The van der Waals surface area contributed by atoms with Gasteiger partial charge in [0.25, 0.3) is 0 Å². The highest BCUT2D eigenvalue weighted by Crippen LogP contribution is 2.35. The lowest BCUT2D eigenvalue weighted by atomic mass is 9.79. The third-order valence-electron chi connectivity index (χ3n) is 4.69. The highest BCUT2D eigenvalue weighted by Gasteiger charge is 2.32. The minimum Gasteiger partial charge on any atom is -0.472 e. The Morgan fingerprint density at radius 1 is 1.24 bits per heavy atom. The van der Waals surface area contributed by atoms with Gasteiger partial charge in [-0.1, -0.05) is 39.5 Å². The maximum atomic E-state index is 5.19. The first kappa shape index (κ1) is 16.6. The molecule has 0 bridgehead atoms. The summed E-state index contributed by atoms with van der Waals surface area (Å²) < 4.78 is 5.19. The monoisotopic (exact) mass is 292 g/mol. The minimum atomic E-state index is 0.444. The molecule has 2 rings (SSSR count). The Labute approximate surface area is 130 Å². The quantitative estimate of drug-likeness (QED) is 0.769. The zero-order valence-corrected chi connectivity index (χ0v) is 14.0. The zero-order chi connectivity index (χ0) is 15.1. The molecule has 0 saturated heterocycles. The normalized spacial score (nSPS) is 19.1. The Morgan fingerprint density at radius 2 is 1.95 bits per heavy atom. The fourth-order valence-electron chi connectivity index (χ4n) is 3.61. The van der Waals surface area contributed by atoms with E-state index in [4.69, 9.17) is 4.42 Å².